The van der Waals surface area contributed by atoms with E-state index in [9.17, 15) is 4.79 Å². The number of hydrogen-bond acceptors (Lipinski definition) is 2. The van der Waals surface area contributed by atoms with Crippen LogP contribution in [0.15, 0.2) is 12.2 Å². The van der Waals surface area contributed by atoms with Crippen LogP contribution in [0.25, 0.3) is 0 Å². The lowest BCUT2D eigenvalue weighted by molar-refractivity contribution is -0.243. The first-order chi connectivity index (χ1) is 11.3. The molecule has 0 aromatic carbocycles. The first kappa shape index (κ1) is 16.7. The SMILES string of the molecule is C=C(C)C(=O)OC1(C2CCC(C)CC2)C2CC3CC1CC(C)(C3)C2. The van der Waals surface area contributed by atoms with Crippen molar-refractivity contribution in [2.45, 2.75) is 84.2 Å². The average molecular weight is 331 g/mol. The Hall–Kier alpha value is -0.790. The van der Waals surface area contributed by atoms with Crippen LogP contribution in [0.3, 0.4) is 0 Å². The third-order valence-corrected chi connectivity index (χ3v) is 8.04. The van der Waals surface area contributed by atoms with E-state index in [1.54, 1.807) is 6.92 Å². The van der Waals surface area contributed by atoms with Crippen molar-refractivity contribution >= 4 is 5.97 Å². The maximum Gasteiger partial charge on any atom is 0.333 e. The fraction of sp³-hybridized carbons (Fsp3) is 0.864. The first-order valence-electron chi connectivity index (χ1n) is 10.2. The molecular formula is C22H34O2. The van der Waals surface area contributed by atoms with Crippen LogP contribution in [0.2, 0.25) is 0 Å². The van der Waals surface area contributed by atoms with Crippen LogP contribution in [0.4, 0.5) is 0 Å². The molecule has 0 aromatic heterocycles. The Morgan fingerprint density at radius 1 is 1.00 bits per heavy atom. The van der Waals surface area contributed by atoms with Gasteiger partial charge in [-0.3, -0.25) is 0 Å². The van der Waals surface area contributed by atoms with Crippen LogP contribution in [-0.2, 0) is 9.53 Å². The van der Waals surface area contributed by atoms with E-state index in [1.807, 2.05) is 0 Å². The molecule has 2 heteroatoms. The summed E-state index contributed by atoms with van der Waals surface area (Å²) in [4.78, 5) is 12.6. The highest BCUT2D eigenvalue weighted by molar-refractivity contribution is 5.87. The van der Waals surface area contributed by atoms with Crippen LogP contribution >= 0.6 is 0 Å². The summed E-state index contributed by atoms with van der Waals surface area (Å²) >= 11 is 0. The van der Waals surface area contributed by atoms with Crippen LogP contribution in [0.1, 0.15) is 78.6 Å². The normalized spacial score (nSPS) is 49.9. The minimum Gasteiger partial charge on any atom is -0.455 e. The number of ether oxygens (including phenoxy) is 1. The Balaban J connectivity index is 1.69. The Morgan fingerprint density at radius 3 is 2.08 bits per heavy atom. The highest BCUT2D eigenvalue weighted by Crippen LogP contribution is 2.67. The van der Waals surface area contributed by atoms with E-state index >= 15 is 0 Å². The zero-order valence-electron chi connectivity index (χ0n) is 15.8. The molecule has 4 bridgehead atoms. The van der Waals surface area contributed by atoms with Crippen LogP contribution < -0.4 is 0 Å². The van der Waals surface area contributed by atoms with Gasteiger partial charge >= 0.3 is 5.97 Å². The zero-order chi connectivity index (χ0) is 17.1. The van der Waals surface area contributed by atoms with Crippen molar-refractivity contribution in [1.82, 2.24) is 0 Å². The minimum atomic E-state index is -0.174. The van der Waals surface area contributed by atoms with Gasteiger partial charge in [0.1, 0.15) is 5.60 Å². The smallest absolute Gasteiger partial charge is 0.333 e. The molecule has 0 saturated heterocycles. The van der Waals surface area contributed by atoms with Gasteiger partial charge in [-0.15, -0.1) is 0 Å². The van der Waals surface area contributed by atoms with Gasteiger partial charge in [0.2, 0.25) is 0 Å². The van der Waals surface area contributed by atoms with Crippen molar-refractivity contribution in [3.05, 3.63) is 12.2 Å². The van der Waals surface area contributed by atoms with Gasteiger partial charge in [-0.25, -0.2) is 4.79 Å². The topological polar surface area (TPSA) is 26.3 Å². The number of rotatable bonds is 3. The predicted octanol–water partition coefficient (Wildman–Crippen LogP) is 5.52. The van der Waals surface area contributed by atoms with Gasteiger partial charge in [-0.2, -0.15) is 0 Å². The number of esters is 1. The fourth-order valence-electron chi connectivity index (χ4n) is 7.27. The lowest BCUT2D eigenvalue weighted by Gasteiger charge is -2.66. The molecule has 24 heavy (non-hydrogen) atoms. The van der Waals surface area contributed by atoms with E-state index in [2.05, 4.69) is 20.4 Å². The van der Waals surface area contributed by atoms with Crippen molar-refractivity contribution < 1.29 is 9.53 Å². The van der Waals surface area contributed by atoms with Gasteiger partial charge < -0.3 is 4.74 Å². The molecule has 0 amide bonds. The second kappa shape index (κ2) is 5.61. The maximum atomic E-state index is 12.6. The molecule has 5 rings (SSSR count). The fourth-order valence-corrected chi connectivity index (χ4v) is 7.27. The summed E-state index contributed by atoms with van der Waals surface area (Å²) in [5.74, 6) is 3.35. The molecular weight excluding hydrogens is 296 g/mol. The van der Waals surface area contributed by atoms with Crippen molar-refractivity contribution in [3.8, 4) is 0 Å². The van der Waals surface area contributed by atoms with E-state index in [4.69, 9.17) is 4.74 Å². The number of carbonyl (C=O) groups is 1. The molecule has 5 saturated carbocycles. The molecule has 134 valence electrons. The Bertz CT molecular complexity index is 524. The van der Waals surface area contributed by atoms with Gasteiger partial charge in [-0.05, 0) is 75.0 Å². The van der Waals surface area contributed by atoms with Crippen LogP contribution in [0, 0.1) is 35.0 Å². The standard InChI is InChI=1S/C22H34O2/c1-14(2)20(23)24-22(17-7-5-15(3)6-8-17)18-9-16-10-19(22)13-21(4,11-16)12-18/h15-19H,1,5-13H2,2-4H3. The molecule has 5 fully saturated rings. The molecule has 0 spiro atoms. The Kier molecular flexibility index (Phi) is 3.89. The van der Waals surface area contributed by atoms with E-state index in [1.165, 1.54) is 57.8 Å². The molecule has 2 atom stereocenters. The largest absolute Gasteiger partial charge is 0.455 e. The first-order valence-corrected chi connectivity index (χ1v) is 10.2. The molecule has 5 aliphatic rings. The van der Waals surface area contributed by atoms with E-state index in [-0.39, 0.29) is 11.6 Å². The number of carbonyl (C=O) groups excluding carboxylic acids is 1. The van der Waals surface area contributed by atoms with Crippen molar-refractivity contribution in [2.75, 3.05) is 0 Å². The summed E-state index contributed by atoms with van der Waals surface area (Å²) in [5, 5.41) is 0. The van der Waals surface area contributed by atoms with Crippen molar-refractivity contribution in [1.29, 1.82) is 0 Å². The summed E-state index contributed by atoms with van der Waals surface area (Å²) in [6.07, 6.45) is 11.6. The van der Waals surface area contributed by atoms with Gasteiger partial charge in [0.05, 0.1) is 0 Å². The summed E-state index contributed by atoms with van der Waals surface area (Å²) in [6, 6.07) is 0. The van der Waals surface area contributed by atoms with Gasteiger partial charge in [0, 0.05) is 17.4 Å². The lowest BCUT2D eigenvalue weighted by atomic mass is 9.42. The molecule has 0 heterocycles. The van der Waals surface area contributed by atoms with Gasteiger partial charge in [0.25, 0.3) is 0 Å². The second-order valence-corrected chi connectivity index (χ2v) is 10.1. The lowest BCUT2D eigenvalue weighted by Crippen LogP contribution is -2.65. The Labute approximate surface area is 147 Å². The molecule has 0 aromatic rings. The van der Waals surface area contributed by atoms with Crippen molar-refractivity contribution in [3.63, 3.8) is 0 Å². The third-order valence-electron chi connectivity index (χ3n) is 8.04. The monoisotopic (exact) mass is 330 g/mol. The third kappa shape index (κ3) is 2.47. The van der Waals surface area contributed by atoms with Gasteiger partial charge in [0.15, 0.2) is 0 Å². The van der Waals surface area contributed by atoms with Crippen molar-refractivity contribution in [2.24, 2.45) is 35.0 Å². The summed E-state index contributed by atoms with van der Waals surface area (Å²) in [7, 11) is 0. The predicted molar refractivity (Wildman–Crippen MR) is 96.4 cm³/mol. The van der Waals surface area contributed by atoms with Gasteiger partial charge in [-0.1, -0.05) is 33.3 Å². The second-order valence-electron chi connectivity index (χ2n) is 10.1. The highest BCUT2D eigenvalue weighted by Gasteiger charge is 2.65. The minimum absolute atomic E-state index is 0.133. The average Bonchev–Trinajstić information content (AvgIpc) is 2.50. The highest BCUT2D eigenvalue weighted by atomic mass is 16.6. The Morgan fingerprint density at radius 2 is 1.58 bits per heavy atom. The van der Waals surface area contributed by atoms with Crippen LogP contribution in [0.5, 0.6) is 0 Å². The molecule has 0 N–H and O–H groups in total. The molecule has 2 unspecified atom stereocenters. The molecule has 0 radical (unpaired) electrons. The number of hydrogen-bond donors (Lipinski definition) is 0. The van der Waals surface area contributed by atoms with E-state index < -0.39 is 0 Å². The van der Waals surface area contributed by atoms with E-state index in [0.29, 0.717) is 28.7 Å². The molecule has 5 aliphatic carbocycles. The summed E-state index contributed by atoms with van der Waals surface area (Å²) in [6.45, 7) is 10.5. The summed E-state index contributed by atoms with van der Waals surface area (Å²) in [5.41, 5.74) is 0.906. The summed E-state index contributed by atoms with van der Waals surface area (Å²) < 4.78 is 6.46. The van der Waals surface area contributed by atoms with Crippen LogP contribution in [-0.4, -0.2) is 11.6 Å². The molecule has 2 nitrogen and oxygen atoms in total. The molecule has 0 aliphatic heterocycles. The maximum absolute atomic E-state index is 12.6. The zero-order valence-corrected chi connectivity index (χ0v) is 15.8. The quantitative estimate of drug-likeness (QED) is 0.503. The van der Waals surface area contributed by atoms with E-state index in [0.717, 1.165) is 11.8 Å².